The molecule has 3 nitrogen and oxygen atoms in total. The van der Waals surface area contributed by atoms with Gasteiger partial charge >= 0.3 is 0 Å². The van der Waals surface area contributed by atoms with Crippen LogP contribution in [0.15, 0.2) is 113 Å². The minimum atomic E-state index is 0.328. The number of anilines is 1. The van der Waals surface area contributed by atoms with Crippen molar-refractivity contribution in [3.63, 3.8) is 0 Å². The Morgan fingerprint density at radius 3 is 2.21 bits per heavy atom. The van der Waals surface area contributed by atoms with Crippen molar-refractivity contribution < 1.29 is 0 Å². The fourth-order valence-corrected chi connectivity index (χ4v) is 3.33. The molecule has 1 aliphatic carbocycles. The summed E-state index contributed by atoms with van der Waals surface area (Å²) in [5.74, 6) is 0.328. The molecule has 3 aromatic rings. The molecular formula is C26H23N3. The Labute approximate surface area is 171 Å². The van der Waals surface area contributed by atoms with Crippen LogP contribution in [0.4, 0.5) is 5.69 Å². The number of para-hydroxylation sites is 1. The lowest BCUT2D eigenvalue weighted by Gasteiger charge is -2.18. The first-order valence-electron chi connectivity index (χ1n) is 9.79. The lowest BCUT2D eigenvalue weighted by atomic mass is 10.00. The van der Waals surface area contributed by atoms with Crippen LogP contribution in [0.2, 0.25) is 0 Å². The zero-order valence-corrected chi connectivity index (χ0v) is 16.2. The summed E-state index contributed by atoms with van der Waals surface area (Å²) in [5, 5.41) is 11.8. The summed E-state index contributed by atoms with van der Waals surface area (Å²) in [6.45, 7) is 0. The van der Waals surface area contributed by atoms with E-state index in [0.29, 0.717) is 5.84 Å². The van der Waals surface area contributed by atoms with Gasteiger partial charge in [-0.25, -0.2) is 4.99 Å². The lowest BCUT2D eigenvalue weighted by Crippen LogP contribution is -2.08. The monoisotopic (exact) mass is 377 g/mol. The maximum absolute atomic E-state index is 8.25. The van der Waals surface area contributed by atoms with E-state index in [2.05, 4.69) is 58.8 Å². The van der Waals surface area contributed by atoms with E-state index in [1.165, 1.54) is 11.1 Å². The standard InChI is InChI=1S/C26H23N3/c27-26(28-19-20-9-3-1-4-10-20)22-15-17-23(18-16-22)29-25-14-8-7-13-24(25)21-11-5-2-6-12-21/h1-15,17,19,27,29H,16,18H2. The number of hydrogen-bond acceptors (Lipinski definition) is 2. The summed E-state index contributed by atoms with van der Waals surface area (Å²) in [5.41, 5.74) is 6.59. The fraction of sp³-hybridized carbons (Fsp3) is 0.0769. The molecule has 0 fully saturated rings. The molecule has 0 atom stereocenters. The molecule has 2 N–H and O–H groups in total. The van der Waals surface area contributed by atoms with Gasteiger partial charge in [-0.2, -0.15) is 0 Å². The second-order valence-corrected chi connectivity index (χ2v) is 6.94. The molecule has 0 aromatic heterocycles. The Balaban J connectivity index is 1.47. The molecule has 0 amide bonds. The van der Waals surface area contributed by atoms with Crippen molar-refractivity contribution in [1.29, 1.82) is 5.41 Å². The van der Waals surface area contributed by atoms with E-state index >= 15 is 0 Å². The highest BCUT2D eigenvalue weighted by Gasteiger charge is 2.12. The van der Waals surface area contributed by atoms with Crippen molar-refractivity contribution in [3.05, 3.63) is 114 Å². The second-order valence-electron chi connectivity index (χ2n) is 6.94. The molecule has 1 aliphatic rings. The van der Waals surface area contributed by atoms with Crippen LogP contribution in [0.3, 0.4) is 0 Å². The van der Waals surface area contributed by atoms with E-state index in [1.807, 2.05) is 48.5 Å². The topological polar surface area (TPSA) is 48.2 Å². The predicted molar refractivity (Wildman–Crippen MR) is 123 cm³/mol. The van der Waals surface area contributed by atoms with Crippen LogP contribution in [0.1, 0.15) is 18.4 Å². The first-order valence-corrected chi connectivity index (χ1v) is 9.79. The smallest absolute Gasteiger partial charge is 0.147 e. The molecule has 0 saturated carbocycles. The molecule has 0 aliphatic heterocycles. The molecule has 0 saturated heterocycles. The van der Waals surface area contributed by atoms with Crippen molar-refractivity contribution >= 4 is 17.7 Å². The van der Waals surface area contributed by atoms with Gasteiger partial charge in [-0.1, -0.05) is 84.9 Å². The highest BCUT2D eigenvalue weighted by molar-refractivity contribution is 6.03. The van der Waals surface area contributed by atoms with Crippen molar-refractivity contribution in [1.82, 2.24) is 0 Å². The Hall–Kier alpha value is -3.72. The second kappa shape index (κ2) is 8.98. The van der Waals surface area contributed by atoms with Gasteiger partial charge in [0.1, 0.15) is 5.84 Å². The van der Waals surface area contributed by atoms with Gasteiger partial charge in [0.15, 0.2) is 0 Å². The van der Waals surface area contributed by atoms with E-state index in [0.717, 1.165) is 35.4 Å². The van der Waals surface area contributed by atoms with Gasteiger partial charge < -0.3 is 5.32 Å². The van der Waals surface area contributed by atoms with Gasteiger partial charge in [0.05, 0.1) is 0 Å². The predicted octanol–water partition coefficient (Wildman–Crippen LogP) is 6.47. The third-order valence-electron chi connectivity index (χ3n) is 4.90. The fourth-order valence-electron chi connectivity index (χ4n) is 3.33. The first kappa shape index (κ1) is 18.6. The average Bonchev–Trinajstić information content (AvgIpc) is 2.80. The van der Waals surface area contributed by atoms with Crippen LogP contribution in [0, 0.1) is 5.41 Å². The van der Waals surface area contributed by atoms with Gasteiger partial charge in [0.25, 0.3) is 0 Å². The molecule has 0 heterocycles. The number of aliphatic imine (C=N–C) groups is 1. The summed E-state index contributed by atoms with van der Waals surface area (Å²) >= 11 is 0. The normalized spacial score (nSPS) is 13.7. The summed E-state index contributed by atoms with van der Waals surface area (Å²) in [4.78, 5) is 4.32. The SMILES string of the molecule is N=C(N=Cc1ccccc1)C1=CC=C(Nc2ccccc2-c2ccccc2)CC1. The maximum atomic E-state index is 8.25. The molecule has 3 aromatic carbocycles. The van der Waals surface area contributed by atoms with Crippen molar-refractivity contribution in [3.8, 4) is 11.1 Å². The van der Waals surface area contributed by atoms with E-state index < -0.39 is 0 Å². The van der Waals surface area contributed by atoms with E-state index in [9.17, 15) is 0 Å². The quantitative estimate of drug-likeness (QED) is 0.389. The number of rotatable bonds is 5. The Kier molecular flexibility index (Phi) is 5.77. The average molecular weight is 377 g/mol. The van der Waals surface area contributed by atoms with Gasteiger partial charge in [-0.05, 0) is 41.7 Å². The number of benzene rings is 3. The van der Waals surface area contributed by atoms with Gasteiger partial charge in [0.2, 0.25) is 0 Å². The van der Waals surface area contributed by atoms with Crippen molar-refractivity contribution in [2.75, 3.05) is 5.32 Å². The zero-order valence-electron chi connectivity index (χ0n) is 16.2. The molecule has 3 heteroatoms. The number of nitrogens with one attached hydrogen (secondary N) is 2. The number of nitrogens with zero attached hydrogens (tertiary/aromatic N) is 1. The summed E-state index contributed by atoms with van der Waals surface area (Å²) in [6, 6.07) is 28.6. The third-order valence-corrected chi connectivity index (χ3v) is 4.90. The van der Waals surface area contributed by atoms with E-state index in [4.69, 9.17) is 5.41 Å². The molecule has 0 bridgehead atoms. The minimum Gasteiger partial charge on any atom is -0.358 e. The van der Waals surface area contributed by atoms with E-state index in [-0.39, 0.29) is 0 Å². The molecular weight excluding hydrogens is 354 g/mol. The van der Waals surface area contributed by atoms with Crippen molar-refractivity contribution in [2.45, 2.75) is 12.8 Å². The van der Waals surface area contributed by atoms with E-state index in [1.54, 1.807) is 6.21 Å². The number of amidine groups is 1. The molecule has 0 unspecified atom stereocenters. The molecule has 0 spiro atoms. The molecule has 4 rings (SSSR count). The highest BCUT2D eigenvalue weighted by Crippen LogP contribution is 2.30. The van der Waals surface area contributed by atoms with Gasteiger partial charge in [-0.15, -0.1) is 0 Å². The largest absolute Gasteiger partial charge is 0.358 e. The zero-order chi connectivity index (χ0) is 19.9. The third kappa shape index (κ3) is 4.77. The molecule has 0 radical (unpaired) electrons. The highest BCUT2D eigenvalue weighted by atomic mass is 14.9. The van der Waals surface area contributed by atoms with Crippen LogP contribution in [-0.4, -0.2) is 12.1 Å². The van der Waals surface area contributed by atoms with Crippen LogP contribution >= 0.6 is 0 Å². The van der Waals surface area contributed by atoms with Gasteiger partial charge in [0, 0.05) is 23.2 Å². The van der Waals surface area contributed by atoms with Crippen LogP contribution in [0.5, 0.6) is 0 Å². The maximum Gasteiger partial charge on any atom is 0.147 e. The van der Waals surface area contributed by atoms with Crippen LogP contribution in [0.25, 0.3) is 11.1 Å². The van der Waals surface area contributed by atoms with Crippen LogP contribution < -0.4 is 5.32 Å². The minimum absolute atomic E-state index is 0.328. The molecule has 142 valence electrons. The number of allylic oxidation sites excluding steroid dienone is 3. The van der Waals surface area contributed by atoms with Crippen molar-refractivity contribution in [2.24, 2.45) is 4.99 Å². The first-order chi connectivity index (χ1) is 14.3. The number of hydrogen-bond donors (Lipinski definition) is 2. The summed E-state index contributed by atoms with van der Waals surface area (Å²) in [6.07, 6.45) is 7.47. The lowest BCUT2D eigenvalue weighted by molar-refractivity contribution is 0.938. The van der Waals surface area contributed by atoms with Gasteiger partial charge in [-0.3, -0.25) is 5.41 Å². The summed E-state index contributed by atoms with van der Waals surface area (Å²) in [7, 11) is 0. The Morgan fingerprint density at radius 2 is 1.48 bits per heavy atom. The molecule has 29 heavy (non-hydrogen) atoms. The van der Waals surface area contributed by atoms with Crippen LogP contribution in [-0.2, 0) is 0 Å². The summed E-state index contributed by atoms with van der Waals surface area (Å²) < 4.78 is 0. The Bertz CT molecular complexity index is 1080. The Morgan fingerprint density at radius 1 is 0.793 bits per heavy atom.